The molecule has 0 aliphatic rings. The van der Waals surface area contributed by atoms with Crippen LogP contribution in [0.1, 0.15) is 61.8 Å². The van der Waals surface area contributed by atoms with E-state index in [1.54, 1.807) is 11.9 Å². The van der Waals surface area contributed by atoms with Crippen molar-refractivity contribution in [3.05, 3.63) is 12.7 Å². The van der Waals surface area contributed by atoms with Crippen molar-refractivity contribution in [1.82, 2.24) is 10.2 Å². The van der Waals surface area contributed by atoms with Gasteiger partial charge in [0.1, 0.15) is 6.04 Å². The standard InChI is InChI=1S/C24H48N2O3Si/c1-14-19(30(11,12)13)18(27)15-16(2)17(3)20(21(28)25-24(7,8)9)26(10)22(29)23(4,5)6/h14,16-20,27H,1,15H2,2-13H3,(H,25,28)/t16-,17-,18-,19+,20+/m1/s1. The Hall–Kier alpha value is -1.14. The highest BCUT2D eigenvalue weighted by atomic mass is 28.3. The summed E-state index contributed by atoms with van der Waals surface area (Å²) in [6.45, 7) is 26.1. The van der Waals surface area contributed by atoms with E-state index in [4.69, 9.17) is 0 Å². The van der Waals surface area contributed by atoms with E-state index >= 15 is 0 Å². The summed E-state index contributed by atoms with van der Waals surface area (Å²) in [6.07, 6.45) is 1.95. The topological polar surface area (TPSA) is 69.6 Å². The Morgan fingerprint density at radius 3 is 1.90 bits per heavy atom. The number of hydrogen-bond donors (Lipinski definition) is 2. The van der Waals surface area contributed by atoms with Gasteiger partial charge in [-0.25, -0.2) is 0 Å². The summed E-state index contributed by atoms with van der Waals surface area (Å²) < 4.78 is 0. The van der Waals surface area contributed by atoms with Gasteiger partial charge in [-0.05, 0) is 44.6 Å². The molecule has 0 fully saturated rings. The van der Waals surface area contributed by atoms with Crippen LogP contribution in [0.15, 0.2) is 12.7 Å². The molecule has 0 aliphatic heterocycles. The van der Waals surface area contributed by atoms with Gasteiger partial charge < -0.3 is 15.3 Å². The third kappa shape index (κ3) is 8.54. The zero-order valence-corrected chi connectivity index (χ0v) is 22.6. The number of likely N-dealkylation sites (N-methyl/N-ethyl adjacent to an activating group) is 1. The molecule has 30 heavy (non-hydrogen) atoms. The first-order valence-electron chi connectivity index (χ1n) is 11.1. The van der Waals surface area contributed by atoms with Crippen molar-refractivity contribution < 1.29 is 14.7 Å². The molecule has 5 atom stereocenters. The maximum atomic E-state index is 13.2. The van der Waals surface area contributed by atoms with Crippen LogP contribution in [0.25, 0.3) is 0 Å². The minimum absolute atomic E-state index is 0.0461. The highest BCUT2D eigenvalue weighted by Gasteiger charge is 2.40. The number of rotatable bonds is 9. The van der Waals surface area contributed by atoms with Crippen molar-refractivity contribution >= 4 is 19.9 Å². The summed E-state index contributed by atoms with van der Waals surface area (Å²) >= 11 is 0. The third-order valence-corrected chi connectivity index (χ3v) is 8.44. The fourth-order valence-corrected chi connectivity index (χ4v) is 6.00. The van der Waals surface area contributed by atoms with Gasteiger partial charge >= 0.3 is 0 Å². The summed E-state index contributed by atoms with van der Waals surface area (Å²) in [5, 5.41) is 14.0. The number of nitrogens with one attached hydrogen (secondary N) is 1. The van der Waals surface area contributed by atoms with Crippen LogP contribution < -0.4 is 5.32 Å². The number of amides is 2. The summed E-state index contributed by atoms with van der Waals surface area (Å²) in [6, 6.07) is -0.604. The average molecular weight is 441 g/mol. The van der Waals surface area contributed by atoms with Crippen LogP contribution in [0, 0.1) is 17.3 Å². The Morgan fingerprint density at radius 2 is 1.57 bits per heavy atom. The molecule has 0 rings (SSSR count). The van der Waals surface area contributed by atoms with Gasteiger partial charge in [0.05, 0.1) is 14.2 Å². The van der Waals surface area contributed by atoms with E-state index in [1.165, 1.54) is 0 Å². The van der Waals surface area contributed by atoms with Gasteiger partial charge in [0.15, 0.2) is 0 Å². The largest absolute Gasteiger partial charge is 0.393 e. The zero-order chi connectivity index (χ0) is 24.2. The quantitative estimate of drug-likeness (QED) is 0.403. The second kappa shape index (κ2) is 10.4. The molecule has 5 nitrogen and oxygen atoms in total. The first-order chi connectivity index (χ1) is 13.2. The Bertz CT molecular complexity index is 599. The van der Waals surface area contributed by atoms with Crippen LogP contribution >= 0.6 is 0 Å². The van der Waals surface area contributed by atoms with E-state index in [9.17, 15) is 14.7 Å². The smallest absolute Gasteiger partial charge is 0.243 e. The molecule has 2 amide bonds. The molecular formula is C24H48N2O3Si. The average Bonchev–Trinajstić information content (AvgIpc) is 2.50. The first kappa shape index (κ1) is 28.9. The molecule has 0 spiro atoms. The Balaban J connectivity index is 5.80. The van der Waals surface area contributed by atoms with Crippen LogP contribution in [0.4, 0.5) is 0 Å². The zero-order valence-electron chi connectivity index (χ0n) is 21.6. The van der Waals surface area contributed by atoms with E-state index in [-0.39, 0.29) is 29.2 Å². The fourth-order valence-electron chi connectivity index (χ4n) is 4.01. The SMILES string of the molecule is C=C[C@@H]([C@H](O)C[C@@H](C)[C@@H](C)[C@@H](C(=O)NC(C)(C)C)N(C)C(=O)C(C)(C)C)[Si](C)(C)C. The van der Waals surface area contributed by atoms with Gasteiger partial charge in [0.2, 0.25) is 11.8 Å². The lowest BCUT2D eigenvalue weighted by Gasteiger charge is -2.40. The maximum Gasteiger partial charge on any atom is 0.243 e. The number of aliphatic hydroxyl groups is 1. The molecule has 0 saturated carbocycles. The van der Waals surface area contributed by atoms with Gasteiger partial charge in [-0.1, -0.05) is 60.3 Å². The second-order valence-corrected chi connectivity index (χ2v) is 17.5. The Morgan fingerprint density at radius 1 is 1.10 bits per heavy atom. The molecule has 0 saturated heterocycles. The molecule has 0 aromatic heterocycles. The van der Waals surface area contributed by atoms with Crippen molar-refractivity contribution in [3.8, 4) is 0 Å². The molecule has 0 heterocycles. The lowest BCUT2D eigenvalue weighted by atomic mass is 9.82. The van der Waals surface area contributed by atoms with E-state index in [0.29, 0.717) is 6.42 Å². The van der Waals surface area contributed by atoms with Crippen molar-refractivity contribution in [3.63, 3.8) is 0 Å². The normalized spacial score (nSPS) is 18.0. The third-order valence-electron chi connectivity index (χ3n) is 5.82. The summed E-state index contributed by atoms with van der Waals surface area (Å²) in [4.78, 5) is 27.8. The number of aliphatic hydroxyl groups excluding tert-OH is 1. The van der Waals surface area contributed by atoms with Gasteiger partial charge in [-0.2, -0.15) is 0 Å². The van der Waals surface area contributed by atoms with E-state index in [0.717, 1.165) is 0 Å². The van der Waals surface area contributed by atoms with Crippen molar-refractivity contribution in [2.75, 3.05) is 7.05 Å². The van der Waals surface area contributed by atoms with Crippen LogP contribution in [0.5, 0.6) is 0 Å². The molecular weight excluding hydrogens is 392 g/mol. The van der Waals surface area contributed by atoms with Gasteiger partial charge in [0, 0.05) is 18.0 Å². The highest BCUT2D eigenvalue weighted by molar-refractivity contribution is 6.78. The molecule has 2 N–H and O–H groups in total. The molecule has 0 aromatic rings. The van der Waals surface area contributed by atoms with Gasteiger partial charge in [-0.15, -0.1) is 6.58 Å². The summed E-state index contributed by atoms with van der Waals surface area (Å²) in [5.41, 5.74) is -0.888. The Labute approximate surface area is 186 Å². The fraction of sp³-hybridized carbons (Fsp3) is 0.833. The van der Waals surface area contributed by atoms with Crippen LogP contribution in [-0.2, 0) is 9.59 Å². The van der Waals surface area contributed by atoms with E-state index in [2.05, 4.69) is 38.5 Å². The predicted molar refractivity (Wildman–Crippen MR) is 130 cm³/mol. The van der Waals surface area contributed by atoms with Crippen molar-refractivity contribution in [2.24, 2.45) is 17.3 Å². The highest BCUT2D eigenvalue weighted by Crippen LogP contribution is 2.33. The van der Waals surface area contributed by atoms with Crippen LogP contribution in [0.3, 0.4) is 0 Å². The number of carbonyl (C=O) groups is 2. The predicted octanol–water partition coefficient (Wildman–Crippen LogP) is 4.69. The molecule has 0 aliphatic carbocycles. The number of nitrogens with zero attached hydrogens (tertiary/aromatic N) is 1. The number of hydrogen-bond acceptors (Lipinski definition) is 3. The molecule has 0 bridgehead atoms. The first-order valence-corrected chi connectivity index (χ1v) is 14.7. The molecule has 6 heteroatoms. The lowest BCUT2D eigenvalue weighted by molar-refractivity contribution is -0.148. The van der Waals surface area contributed by atoms with E-state index in [1.807, 2.05) is 54.5 Å². The van der Waals surface area contributed by atoms with Crippen LogP contribution in [0.2, 0.25) is 25.2 Å². The van der Waals surface area contributed by atoms with Crippen molar-refractivity contribution in [1.29, 1.82) is 0 Å². The molecule has 0 unspecified atom stereocenters. The summed E-state index contributed by atoms with van der Waals surface area (Å²) in [5.74, 6) is -0.292. The minimum Gasteiger partial charge on any atom is -0.393 e. The molecule has 0 radical (unpaired) electrons. The summed E-state index contributed by atoms with van der Waals surface area (Å²) in [7, 11) is 0.108. The molecule has 0 aromatic carbocycles. The maximum absolute atomic E-state index is 13.2. The van der Waals surface area contributed by atoms with Crippen molar-refractivity contribution in [2.45, 2.75) is 105 Å². The van der Waals surface area contributed by atoms with E-state index < -0.39 is 31.2 Å². The lowest BCUT2D eigenvalue weighted by Crippen LogP contribution is -2.57. The van der Waals surface area contributed by atoms with Crippen LogP contribution in [-0.4, -0.2) is 54.6 Å². The van der Waals surface area contributed by atoms with Gasteiger partial charge in [0.25, 0.3) is 0 Å². The minimum atomic E-state index is -1.61. The molecule has 176 valence electrons. The van der Waals surface area contributed by atoms with Gasteiger partial charge in [-0.3, -0.25) is 9.59 Å². The monoisotopic (exact) mass is 440 g/mol. The number of carbonyl (C=O) groups excluding carboxylic acids is 2. The second-order valence-electron chi connectivity index (χ2n) is 12.1. The Kier molecular flexibility index (Phi) is 10.0.